The molecule has 0 aromatic carbocycles. The standard InChI is InChI=1S/C12H24N2O5/c1-11(2,3)8(15)13-7-14-9(16)18-10(17)19-12(4,5)6/h10,17H,7H2,1-6H3,(H,13,15)(H,14,16). The van der Waals surface area contributed by atoms with E-state index >= 15 is 0 Å². The maximum absolute atomic E-state index is 11.5. The van der Waals surface area contributed by atoms with Crippen LogP contribution in [0.4, 0.5) is 4.79 Å². The summed E-state index contributed by atoms with van der Waals surface area (Å²) < 4.78 is 9.50. The second kappa shape index (κ2) is 6.72. The molecule has 0 bridgehead atoms. The predicted octanol–water partition coefficient (Wildman–Crippen LogP) is 0.923. The van der Waals surface area contributed by atoms with E-state index in [1.807, 2.05) is 0 Å². The van der Waals surface area contributed by atoms with E-state index in [4.69, 9.17) is 4.74 Å². The second-order valence-corrected chi connectivity index (χ2v) is 6.05. The molecule has 0 fully saturated rings. The summed E-state index contributed by atoms with van der Waals surface area (Å²) in [6, 6.07) is 0. The summed E-state index contributed by atoms with van der Waals surface area (Å²) in [5.74, 6) is -0.209. The van der Waals surface area contributed by atoms with Gasteiger partial charge in [0.15, 0.2) is 0 Å². The third-order valence-corrected chi connectivity index (χ3v) is 1.83. The highest BCUT2D eigenvalue weighted by Gasteiger charge is 2.22. The summed E-state index contributed by atoms with van der Waals surface area (Å²) >= 11 is 0. The molecule has 1 unspecified atom stereocenters. The highest BCUT2D eigenvalue weighted by atomic mass is 16.8. The van der Waals surface area contributed by atoms with E-state index in [1.54, 1.807) is 41.5 Å². The van der Waals surface area contributed by atoms with Crippen molar-refractivity contribution in [1.82, 2.24) is 10.6 Å². The molecule has 0 heterocycles. The van der Waals surface area contributed by atoms with Gasteiger partial charge in [-0.2, -0.15) is 0 Å². The quantitative estimate of drug-likeness (QED) is 0.663. The molecule has 3 N–H and O–H groups in total. The third kappa shape index (κ3) is 9.26. The second-order valence-electron chi connectivity index (χ2n) is 6.05. The van der Waals surface area contributed by atoms with Crippen molar-refractivity contribution in [2.24, 2.45) is 5.41 Å². The van der Waals surface area contributed by atoms with Crippen molar-refractivity contribution in [2.45, 2.75) is 53.6 Å². The molecule has 0 aromatic rings. The van der Waals surface area contributed by atoms with Crippen molar-refractivity contribution in [3.8, 4) is 0 Å². The summed E-state index contributed by atoms with van der Waals surface area (Å²) in [5.41, 5.74) is -1.18. The number of hydrogen-bond acceptors (Lipinski definition) is 5. The Kier molecular flexibility index (Phi) is 6.24. The van der Waals surface area contributed by atoms with Gasteiger partial charge in [-0.25, -0.2) is 4.79 Å². The molecule has 0 aromatic heterocycles. The van der Waals surface area contributed by atoms with E-state index in [2.05, 4.69) is 15.4 Å². The fraction of sp³-hybridized carbons (Fsp3) is 0.833. The van der Waals surface area contributed by atoms with E-state index in [0.29, 0.717) is 0 Å². The topological polar surface area (TPSA) is 96.9 Å². The Bertz CT molecular complexity index is 317. The average Bonchev–Trinajstić information content (AvgIpc) is 2.12. The largest absolute Gasteiger partial charge is 0.412 e. The lowest BCUT2D eigenvalue weighted by atomic mass is 9.96. The van der Waals surface area contributed by atoms with Crippen LogP contribution in [0.15, 0.2) is 0 Å². The Balaban J connectivity index is 3.92. The first-order chi connectivity index (χ1) is 8.42. The van der Waals surface area contributed by atoms with Crippen molar-refractivity contribution in [3.05, 3.63) is 0 Å². The van der Waals surface area contributed by atoms with Crippen LogP contribution in [-0.4, -0.2) is 35.9 Å². The molecule has 0 spiro atoms. The van der Waals surface area contributed by atoms with Crippen LogP contribution < -0.4 is 10.6 Å². The van der Waals surface area contributed by atoms with Crippen LogP contribution in [0.5, 0.6) is 0 Å². The first-order valence-electron chi connectivity index (χ1n) is 6.00. The summed E-state index contributed by atoms with van der Waals surface area (Å²) in [5, 5.41) is 14.1. The molecule has 0 aliphatic rings. The fourth-order valence-electron chi connectivity index (χ4n) is 0.922. The van der Waals surface area contributed by atoms with Crippen LogP contribution in [0.1, 0.15) is 41.5 Å². The molecule has 19 heavy (non-hydrogen) atoms. The van der Waals surface area contributed by atoms with Crippen molar-refractivity contribution in [3.63, 3.8) is 0 Å². The van der Waals surface area contributed by atoms with Crippen LogP contribution in [0.25, 0.3) is 0 Å². The molecular formula is C12H24N2O5. The molecule has 0 radical (unpaired) electrons. The van der Waals surface area contributed by atoms with Crippen molar-refractivity contribution < 1.29 is 24.2 Å². The van der Waals surface area contributed by atoms with Gasteiger partial charge in [0.2, 0.25) is 5.91 Å². The Morgan fingerprint density at radius 1 is 1.11 bits per heavy atom. The number of carbonyl (C=O) groups excluding carboxylic acids is 2. The van der Waals surface area contributed by atoms with Gasteiger partial charge in [-0.15, -0.1) is 0 Å². The van der Waals surface area contributed by atoms with Crippen LogP contribution >= 0.6 is 0 Å². The Hall–Kier alpha value is -1.34. The van der Waals surface area contributed by atoms with E-state index in [0.717, 1.165) is 0 Å². The first-order valence-corrected chi connectivity index (χ1v) is 6.00. The highest BCUT2D eigenvalue weighted by Crippen LogP contribution is 2.12. The number of alkyl carbamates (subject to hydrolysis) is 1. The van der Waals surface area contributed by atoms with E-state index in [9.17, 15) is 14.7 Å². The molecule has 2 amide bonds. The highest BCUT2D eigenvalue weighted by molar-refractivity contribution is 5.81. The van der Waals surface area contributed by atoms with Gasteiger partial charge in [0.1, 0.15) is 0 Å². The Morgan fingerprint density at radius 3 is 2.05 bits per heavy atom. The van der Waals surface area contributed by atoms with Crippen molar-refractivity contribution in [1.29, 1.82) is 0 Å². The first kappa shape index (κ1) is 17.7. The van der Waals surface area contributed by atoms with Gasteiger partial charge in [0.25, 0.3) is 0 Å². The minimum absolute atomic E-state index is 0.0861. The lowest BCUT2D eigenvalue weighted by Crippen LogP contribution is -2.43. The van der Waals surface area contributed by atoms with E-state index in [1.165, 1.54) is 0 Å². The minimum Gasteiger partial charge on any atom is -0.394 e. The van der Waals surface area contributed by atoms with Crippen LogP contribution in [0.2, 0.25) is 0 Å². The van der Waals surface area contributed by atoms with Gasteiger partial charge in [-0.1, -0.05) is 20.8 Å². The smallest absolute Gasteiger partial charge is 0.394 e. The molecule has 0 saturated carbocycles. The SMILES string of the molecule is CC(C)(C)OC(O)OC(=O)NCNC(=O)C(C)(C)C. The molecular weight excluding hydrogens is 252 g/mol. The van der Waals surface area contributed by atoms with Crippen LogP contribution in [0, 0.1) is 5.41 Å². The zero-order valence-electron chi connectivity index (χ0n) is 12.4. The molecule has 1 atom stereocenters. The summed E-state index contributed by atoms with van der Waals surface area (Å²) in [6.45, 7) is 8.64. The molecule has 7 heteroatoms. The van der Waals surface area contributed by atoms with E-state index < -0.39 is 23.6 Å². The van der Waals surface area contributed by atoms with Gasteiger partial charge < -0.3 is 25.2 Å². The zero-order chi connectivity index (χ0) is 15.3. The Labute approximate surface area is 113 Å². The molecule has 0 aliphatic carbocycles. The minimum atomic E-state index is -1.65. The average molecular weight is 276 g/mol. The van der Waals surface area contributed by atoms with Gasteiger partial charge in [0.05, 0.1) is 12.3 Å². The molecule has 0 saturated heterocycles. The number of amides is 2. The van der Waals surface area contributed by atoms with Gasteiger partial charge >= 0.3 is 12.6 Å². The number of nitrogens with one attached hydrogen (secondary N) is 2. The number of carbonyl (C=O) groups is 2. The summed E-state index contributed by atoms with van der Waals surface area (Å²) in [7, 11) is 0. The van der Waals surface area contributed by atoms with Gasteiger partial charge in [-0.05, 0) is 20.8 Å². The summed E-state index contributed by atoms with van der Waals surface area (Å²) in [4.78, 5) is 22.7. The van der Waals surface area contributed by atoms with Crippen LogP contribution in [-0.2, 0) is 14.3 Å². The molecule has 112 valence electrons. The number of aliphatic hydroxyl groups is 1. The Morgan fingerprint density at radius 2 is 1.63 bits per heavy atom. The zero-order valence-corrected chi connectivity index (χ0v) is 12.4. The van der Waals surface area contributed by atoms with Crippen molar-refractivity contribution in [2.75, 3.05) is 6.67 Å². The number of rotatable bonds is 4. The third-order valence-electron chi connectivity index (χ3n) is 1.83. The van der Waals surface area contributed by atoms with E-state index in [-0.39, 0.29) is 12.6 Å². The van der Waals surface area contributed by atoms with Crippen LogP contribution in [0.3, 0.4) is 0 Å². The monoisotopic (exact) mass is 276 g/mol. The fourth-order valence-corrected chi connectivity index (χ4v) is 0.922. The number of aliphatic hydroxyl groups excluding tert-OH is 1. The van der Waals surface area contributed by atoms with Crippen molar-refractivity contribution >= 4 is 12.0 Å². The molecule has 7 nitrogen and oxygen atoms in total. The molecule has 0 rings (SSSR count). The predicted molar refractivity (Wildman–Crippen MR) is 68.9 cm³/mol. The maximum Gasteiger partial charge on any atom is 0.412 e. The lowest BCUT2D eigenvalue weighted by molar-refractivity contribution is -0.271. The lowest BCUT2D eigenvalue weighted by Gasteiger charge is -2.23. The summed E-state index contributed by atoms with van der Waals surface area (Å²) in [6.07, 6.45) is -0.883. The molecule has 0 aliphatic heterocycles. The van der Waals surface area contributed by atoms with Gasteiger partial charge in [0, 0.05) is 5.41 Å². The number of ether oxygens (including phenoxy) is 2. The normalized spacial score (nSPS) is 13.6. The number of hydrogen-bond donors (Lipinski definition) is 3. The van der Waals surface area contributed by atoms with Gasteiger partial charge in [-0.3, -0.25) is 4.79 Å². The maximum atomic E-state index is 11.5.